The zero-order valence-corrected chi connectivity index (χ0v) is 27.7. The van der Waals surface area contributed by atoms with Gasteiger partial charge in [0.1, 0.15) is 0 Å². The number of aliphatic hydroxyl groups is 2. The standard InChI is InChI=1S/C6H14O4S.C4H10O.C2H6O2.10C2H4/c1-2-3-4-5-6-10-11(7,8)9;1-3-5-4-2;3-1-2-4;10*1-2/h2-6H2,1H3,(H,7,8,9);3-4H2,1-2H3;3-4H,1-2H2;10*1-2H2. The van der Waals surface area contributed by atoms with Crippen LogP contribution in [0.3, 0.4) is 0 Å². The second-order valence-corrected chi connectivity index (χ2v) is 4.63. The van der Waals surface area contributed by atoms with Crippen molar-refractivity contribution < 1.29 is 32.1 Å². The molecule has 8 heteroatoms. The largest absolute Gasteiger partial charge is 0.397 e. The number of unbranched alkanes of at least 4 members (excludes halogenated alkanes) is 3. The third kappa shape index (κ3) is 617. The predicted molar refractivity (Wildman–Crippen MR) is 191 cm³/mol. The predicted octanol–water partition coefficient (Wildman–Crippen LogP) is 9.42. The highest BCUT2D eigenvalue weighted by molar-refractivity contribution is 7.80. The van der Waals surface area contributed by atoms with Gasteiger partial charge in [0.2, 0.25) is 0 Å². The van der Waals surface area contributed by atoms with Crippen LogP contribution in [0.15, 0.2) is 132 Å². The van der Waals surface area contributed by atoms with Gasteiger partial charge in [0, 0.05) is 13.2 Å². The summed E-state index contributed by atoms with van der Waals surface area (Å²) in [5.74, 6) is 0. The molecule has 0 aromatic heterocycles. The lowest BCUT2D eigenvalue weighted by molar-refractivity contribution is 0.162. The van der Waals surface area contributed by atoms with Crippen molar-refractivity contribution in [2.45, 2.75) is 46.5 Å². The van der Waals surface area contributed by atoms with Gasteiger partial charge in [-0.3, -0.25) is 4.55 Å². The van der Waals surface area contributed by atoms with E-state index in [0.717, 1.165) is 32.5 Å². The molecule has 0 saturated carbocycles. The van der Waals surface area contributed by atoms with E-state index in [0.29, 0.717) is 6.42 Å². The number of hydrogen-bond acceptors (Lipinski definition) is 6. The van der Waals surface area contributed by atoms with Crippen molar-refractivity contribution >= 4 is 10.4 Å². The molecule has 0 aliphatic rings. The molecule has 40 heavy (non-hydrogen) atoms. The molecule has 7 nitrogen and oxygen atoms in total. The molecular weight excluding hydrogens is 528 g/mol. The fraction of sp³-hybridized carbons (Fsp3) is 0.375. The summed E-state index contributed by atoms with van der Waals surface area (Å²) in [6.07, 6.45) is 3.76. The van der Waals surface area contributed by atoms with Crippen molar-refractivity contribution in [3.05, 3.63) is 132 Å². The van der Waals surface area contributed by atoms with Gasteiger partial charge < -0.3 is 14.9 Å². The Morgan fingerprint density at radius 1 is 0.500 bits per heavy atom. The Bertz CT molecular complexity index is 342. The molecular formula is C32H70O7S. The fourth-order valence-electron chi connectivity index (χ4n) is 0.897. The Labute approximate surface area is 253 Å². The van der Waals surface area contributed by atoms with Gasteiger partial charge in [-0.05, 0) is 20.3 Å². The van der Waals surface area contributed by atoms with E-state index in [1.165, 1.54) is 0 Å². The molecule has 0 radical (unpaired) electrons. The van der Waals surface area contributed by atoms with Crippen molar-refractivity contribution in [3.63, 3.8) is 0 Å². The van der Waals surface area contributed by atoms with E-state index in [1.54, 1.807) is 0 Å². The third-order valence-corrected chi connectivity index (χ3v) is 2.20. The van der Waals surface area contributed by atoms with Crippen LogP contribution >= 0.6 is 0 Å². The summed E-state index contributed by atoms with van der Waals surface area (Å²) in [4.78, 5) is 0. The van der Waals surface area contributed by atoms with Crippen LogP contribution in [0.2, 0.25) is 0 Å². The highest BCUT2D eigenvalue weighted by Gasteiger charge is 2.01. The van der Waals surface area contributed by atoms with Crippen molar-refractivity contribution in [2.75, 3.05) is 33.0 Å². The molecule has 246 valence electrons. The number of ether oxygens (including phenoxy) is 1. The molecule has 0 aromatic rings. The van der Waals surface area contributed by atoms with Gasteiger partial charge in [0.25, 0.3) is 0 Å². The molecule has 0 rings (SSSR count). The Morgan fingerprint density at radius 2 is 0.750 bits per heavy atom. The normalized spacial score (nSPS) is 6.05. The highest BCUT2D eigenvalue weighted by atomic mass is 32.3. The number of rotatable bonds is 9. The van der Waals surface area contributed by atoms with Crippen LogP contribution in [0.1, 0.15) is 46.5 Å². The Hall–Kier alpha value is -2.85. The number of hydrogen-bond donors (Lipinski definition) is 3. The maximum absolute atomic E-state index is 10.00. The minimum atomic E-state index is -4.21. The first-order valence-electron chi connectivity index (χ1n) is 11.8. The van der Waals surface area contributed by atoms with E-state index >= 15 is 0 Å². The quantitative estimate of drug-likeness (QED) is 0.138. The minimum Gasteiger partial charge on any atom is -0.394 e. The SMILES string of the molecule is C=C.C=C.C=C.C=C.C=C.C=C.C=C.C=C.C=C.C=C.CCCCCCOS(=O)(=O)O.CCOCC.OCCO. The van der Waals surface area contributed by atoms with Crippen LogP contribution in [0.5, 0.6) is 0 Å². The molecule has 0 aliphatic carbocycles. The van der Waals surface area contributed by atoms with Gasteiger partial charge in [-0.1, -0.05) is 26.2 Å². The summed E-state index contributed by atoms with van der Waals surface area (Å²) < 4.78 is 37.1. The summed E-state index contributed by atoms with van der Waals surface area (Å²) in [5, 5.41) is 15.2. The van der Waals surface area contributed by atoms with Gasteiger partial charge in [0.05, 0.1) is 19.8 Å². The molecule has 0 aliphatic heterocycles. The maximum Gasteiger partial charge on any atom is 0.397 e. The minimum absolute atomic E-state index is 0.0822. The van der Waals surface area contributed by atoms with Crippen LogP contribution < -0.4 is 0 Å². The lowest BCUT2D eigenvalue weighted by Gasteiger charge is -1.98. The fourth-order valence-corrected chi connectivity index (χ4v) is 1.23. The van der Waals surface area contributed by atoms with Gasteiger partial charge in [-0.25, -0.2) is 4.18 Å². The zero-order valence-electron chi connectivity index (χ0n) is 26.9. The van der Waals surface area contributed by atoms with E-state index in [4.69, 9.17) is 19.5 Å². The molecule has 0 aromatic carbocycles. The van der Waals surface area contributed by atoms with E-state index in [1.807, 2.05) is 13.8 Å². The van der Waals surface area contributed by atoms with Crippen molar-refractivity contribution in [1.82, 2.24) is 0 Å². The Balaban J connectivity index is -0.0000000198. The molecule has 0 heterocycles. The third-order valence-electron chi connectivity index (χ3n) is 1.74. The summed E-state index contributed by atoms with van der Waals surface area (Å²) in [5.41, 5.74) is 0. The molecule has 0 atom stereocenters. The van der Waals surface area contributed by atoms with E-state index in [9.17, 15) is 8.42 Å². The molecule has 0 amide bonds. The first-order valence-corrected chi connectivity index (χ1v) is 13.2. The zero-order chi connectivity index (χ0) is 36.3. The van der Waals surface area contributed by atoms with Crippen molar-refractivity contribution in [2.24, 2.45) is 0 Å². The molecule has 3 N–H and O–H groups in total. The molecule has 0 saturated heterocycles. The summed E-state index contributed by atoms with van der Waals surface area (Å²) in [7, 11) is -4.21. The summed E-state index contributed by atoms with van der Waals surface area (Å²) in [6, 6.07) is 0. The average Bonchev–Trinajstić information content (AvgIpc) is 3.07. The van der Waals surface area contributed by atoms with Gasteiger partial charge in [-0.15, -0.1) is 132 Å². The van der Waals surface area contributed by atoms with E-state index in [2.05, 4.69) is 143 Å². The maximum atomic E-state index is 10.00. The van der Waals surface area contributed by atoms with Crippen molar-refractivity contribution in [1.29, 1.82) is 0 Å². The molecule has 0 bridgehead atoms. The first kappa shape index (κ1) is 83.2. The summed E-state index contributed by atoms with van der Waals surface area (Å²) in [6.45, 7) is 67.6. The Morgan fingerprint density at radius 3 is 0.875 bits per heavy atom. The van der Waals surface area contributed by atoms with E-state index < -0.39 is 10.4 Å². The average molecular weight is 599 g/mol. The molecule has 0 unspecified atom stereocenters. The van der Waals surface area contributed by atoms with E-state index in [-0.39, 0.29) is 19.8 Å². The number of aliphatic hydroxyl groups excluding tert-OH is 2. The molecule has 0 spiro atoms. The van der Waals surface area contributed by atoms with Crippen molar-refractivity contribution in [3.8, 4) is 0 Å². The van der Waals surface area contributed by atoms with Gasteiger partial charge in [-0.2, -0.15) is 8.42 Å². The van der Waals surface area contributed by atoms with Gasteiger partial charge in [0.15, 0.2) is 0 Å². The second kappa shape index (κ2) is 223. The lowest BCUT2D eigenvalue weighted by atomic mass is 10.2. The lowest BCUT2D eigenvalue weighted by Crippen LogP contribution is -2.04. The van der Waals surface area contributed by atoms with Crippen LogP contribution in [0.25, 0.3) is 0 Å². The monoisotopic (exact) mass is 598 g/mol. The van der Waals surface area contributed by atoms with Crippen LogP contribution in [-0.2, 0) is 19.3 Å². The smallest absolute Gasteiger partial charge is 0.394 e. The Kier molecular flexibility index (Phi) is 464. The first-order chi connectivity index (χ1) is 19.4. The van der Waals surface area contributed by atoms with Crippen LogP contribution in [0, 0.1) is 0 Å². The second-order valence-electron chi connectivity index (χ2n) is 3.54. The van der Waals surface area contributed by atoms with Gasteiger partial charge >= 0.3 is 10.4 Å². The van der Waals surface area contributed by atoms with Crippen LogP contribution in [-0.4, -0.2) is 56.2 Å². The topological polar surface area (TPSA) is 113 Å². The highest BCUT2D eigenvalue weighted by Crippen LogP contribution is 1.99. The summed E-state index contributed by atoms with van der Waals surface area (Å²) >= 11 is 0. The molecule has 0 fully saturated rings. The van der Waals surface area contributed by atoms with Crippen LogP contribution in [0.4, 0.5) is 0 Å².